The lowest BCUT2D eigenvalue weighted by Crippen LogP contribution is -2.40. The first kappa shape index (κ1) is 19.2. The summed E-state index contributed by atoms with van der Waals surface area (Å²) in [7, 11) is 0. The number of carbonyl (C=O) groups is 2. The van der Waals surface area contributed by atoms with E-state index < -0.39 is 6.04 Å². The van der Waals surface area contributed by atoms with Crippen molar-refractivity contribution in [3.8, 4) is 16.5 Å². The van der Waals surface area contributed by atoms with E-state index in [0.29, 0.717) is 12.3 Å². The third-order valence-corrected chi connectivity index (χ3v) is 5.54. The Morgan fingerprint density at radius 2 is 2.04 bits per heavy atom. The standard InChI is InChI=1S/C18H21N3O2S2/c1-11(2)8-14(18(23)20-7-6-19)21-15-10-24-9-13(15)17-5-4-16(25-17)12(3)22/h4-5,9-11,14,21H,7-8H2,1-3H3,(H,20,23)/t14-/m0/s1. The molecular formula is C18H21N3O2S2. The first-order chi connectivity index (χ1) is 11.9. The van der Waals surface area contributed by atoms with Gasteiger partial charge in [0.15, 0.2) is 5.78 Å². The predicted octanol–water partition coefficient (Wildman–Crippen LogP) is 4.15. The number of nitrogens with one attached hydrogen (secondary N) is 2. The normalized spacial score (nSPS) is 11.8. The Morgan fingerprint density at radius 1 is 1.28 bits per heavy atom. The largest absolute Gasteiger partial charge is 0.372 e. The van der Waals surface area contributed by atoms with Gasteiger partial charge in [-0.15, -0.1) is 22.7 Å². The maximum atomic E-state index is 12.3. The number of rotatable bonds is 8. The lowest BCUT2D eigenvalue weighted by molar-refractivity contribution is -0.121. The van der Waals surface area contributed by atoms with E-state index in [1.54, 1.807) is 18.3 Å². The molecule has 2 aromatic heterocycles. The Hall–Kier alpha value is -2.17. The highest BCUT2D eigenvalue weighted by atomic mass is 32.1. The third kappa shape index (κ3) is 5.15. The van der Waals surface area contributed by atoms with Crippen LogP contribution in [0.4, 0.5) is 5.69 Å². The second-order valence-electron chi connectivity index (χ2n) is 6.12. The number of nitriles is 1. The van der Waals surface area contributed by atoms with Crippen molar-refractivity contribution in [2.45, 2.75) is 33.2 Å². The molecule has 0 aliphatic heterocycles. The van der Waals surface area contributed by atoms with E-state index in [-0.39, 0.29) is 18.2 Å². The number of hydrogen-bond donors (Lipinski definition) is 2. The van der Waals surface area contributed by atoms with Gasteiger partial charge in [0.2, 0.25) is 5.91 Å². The van der Waals surface area contributed by atoms with Crippen molar-refractivity contribution in [3.05, 3.63) is 27.8 Å². The molecule has 1 atom stereocenters. The van der Waals surface area contributed by atoms with Crippen LogP contribution in [0.25, 0.3) is 10.4 Å². The second kappa shape index (κ2) is 8.79. The minimum atomic E-state index is -0.408. The highest BCUT2D eigenvalue weighted by Crippen LogP contribution is 2.37. The third-order valence-electron chi connectivity index (χ3n) is 3.58. The zero-order valence-electron chi connectivity index (χ0n) is 14.5. The summed E-state index contributed by atoms with van der Waals surface area (Å²) in [6.07, 6.45) is 0.662. The van der Waals surface area contributed by atoms with Crippen LogP contribution in [0.1, 0.15) is 36.9 Å². The van der Waals surface area contributed by atoms with Gasteiger partial charge in [0.1, 0.15) is 12.6 Å². The molecule has 2 N–H and O–H groups in total. The van der Waals surface area contributed by atoms with E-state index >= 15 is 0 Å². The molecule has 0 fully saturated rings. The van der Waals surface area contributed by atoms with Crippen LogP contribution in [0.15, 0.2) is 22.9 Å². The first-order valence-corrected chi connectivity index (χ1v) is 9.76. The Morgan fingerprint density at radius 3 is 2.64 bits per heavy atom. The molecule has 1 amide bonds. The van der Waals surface area contributed by atoms with Crippen LogP contribution in [0, 0.1) is 17.2 Å². The summed E-state index contributed by atoms with van der Waals surface area (Å²) in [4.78, 5) is 25.6. The molecule has 132 valence electrons. The van der Waals surface area contributed by atoms with Gasteiger partial charge < -0.3 is 10.6 Å². The first-order valence-electron chi connectivity index (χ1n) is 8.01. The fourth-order valence-corrected chi connectivity index (χ4v) is 4.21. The quantitative estimate of drug-likeness (QED) is 0.536. The molecule has 0 aromatic carbocycles. The van der Waals surface area contributed by atoms with Crippen molar-refractivity contribution in [1.82, 2.24) is 5.32 Å². The summed E-state index contributed by atoms with van der Waals surface area (Å²) in [5.74, 6) is 0.205. The van der Waals surface area contributed by atoms with Crippen LogP contribution >= 0.6 is 22.7 Å². The van der Waals surface area contributed by atoms with E-state index in [0.717, 1.165) is 21.0 Å². The smallest absolute Gasteiger partial charge is 0.243 e. The molecule has 0 saturated carbocycles. The molecule has 2 rings (SSSR count). The molecule has 7 heteroatoms. The van der Waals surface area contributed by atoms with Gasteiger partial charge in [-0.3, -0.25) is 9.59 Å². The number of carbonyl (C=O) groups excluding carboxylic acids is 2. The van der Waals surface area contributed by atoms with Gasteiger partial charge in [0.25, 0.3) is 0 Å². The number of nitrogens with zero attached hydrogens (tertiary/aromatic N) is 1. The molecule has 2 aromatic rings. The van der Waals surface area contributed by atoms with E-state index in [4.69, 9.17) is 5.26 Å². The van der Waals surface area contributed by atoms with Gasteiger partial charge in [0.05, 0.1) is 16.6 Å². The van der Waals surface area contributed by atoms with E-state index in [2.05, 4.69) is 24.5 Å². The van der Waals surface area contributed by atoms with Crippen molar-refractivity contribution in [1.29, 1.82) is 5.26 Å². The predicted molar refractivity (Wildman–Crippen MR) is 103 cm³/mol. The summed E-state index contributed by atoms with van der Waals surface area (Å²) >= 11 is 2.99. The number of hydrogen-bond acceptors (Lipinski definition) is 6. The molecule has 2 heterocycles. The number of Topliss-reactive ketones (excluding diaryl/α,β-unsaturated/α-hetero) is 1. The Balaban J connectivity index is 2.22. The van der Waals surface area contributed by atoms with Crippen LogP contribution in [-0.2, 0) is 4.79 Å². The molecular weight excluding hydrogens is 354 g/mol. The molecule has 0 saturated heterocycles. The second-order valence-corrected chi connectivity index (χ2v) is 7.95. The summed E-state index contributed by atoms with van der Waals surface area (Å²) in [6.45, 7) is 5.66. The molecule has 0 spiro atoms. The van der Waals surface area contributed by atoms with Crippen molar-refractivity contribution >= 4 is 40.1 Å². The monoisotopic (exact) mass is 375 g/mol. The average Bonchev–Trinajstić information content (AvgIpc) is 3.20. The molecule has 0 unspecified atom stereocenters. The van der Waals surface area contributed by atoms with Crippen LogP contribution in [0.5, 0.6) is 0 Å². The number of anilines is 1. The lowest BCUT2D eigenvalue weighted by Gasteiger charge is -2.20. The maximum absolute atomic E-state index is 12.3. The summed E-state index contributed by atoms with van der Waals surface area (Å²) < 4.78 is 0. The van der Waals surface area contributed by atoms with Gasteiger partial charge in [-0.2, -0.15) is 5.26 Å². The molecule has 0 radical (unpaired) electrons. The van der Waals surface area contributed by atoms with Gasteiger partial charge in [-0.1, -0.05) is 13.8 Å². The topological polar surface area (TPSA) is 82.0 Å². The van der Waals surface area contributed by atoms with Crippen LogP contribution in [0.3, 0.4) is 0 Å². The van der Waals surface area contributed by atoms with E-state index in [1.165, 1.54) is 11.3 Å². The van der Waals surface area contributed by atoms with Gasteiger partial charge in [-0.05, 0) is 31.4 Å². The maximum Gasteiger partial charge on any atom is 0.243 e. The van der Waals surface area contributed by atoms with E-state index in [9.17, 15) is 9.59 Å². The van der Waals surface area contributed by atoms with Crippen LogP contribution in [0.2, 0.25) is 0 Å². The van der Waals surface area contributed by atoms with Crippen molar-refractivity contribution < 1.29 is 9.59 Å². The minimum Gasteiger partial charge on any atom is -0.372 e. The molecule has 0 aliphatic carbocycles. The number of ketones is 1. The van der Waals surface area contributed by atoms with Gasteiger partial charge in [-0.25, -0.2) is 0 Å². The van der Waals surface area contributed by atoms with E-state index in [1.807, 2.05) is 29.0 Å². The highest BCUT2D eigenvalue weighted by molar-refractivity contribution is 7.18. The Labute approximate surface area is 155 Å². The fraction of sp³-hybridized carbons (Fsp3) is 0.389. The summed E-state index contributed by atoms with van der Waals surface area (Å²) in [6, 6.07) is 5.28. The fourth-order valence-electron chi connectivity index (χ4n) is 2.41. The van der Waals surface area contributed by atoms with Crippen LogP contribution < -0.4 is 10.6 Å². The number of thiophene rings is 2. The Bertz CT molecular complexity index is 786. The van der Waals surface area contributed by atoms with Crippen molar-refractivity contribution in [3.63, 3.8) is 0 Å². The zero-order chi connectivity index (χ0) is 18.4. The number of amides is 1. The SMILES string of the molecule is CC(=O)c1ccc(-c2cscc2N[C@@H](CC(C)C)C(=O)NCC#N)s1. The van der Waals surface area contributed by atoms with Crippen molar-refractivity contribution in [2.24, 2.45) is 5.92 Å². The summed E-state index contributed by atoms with van der Waals surface area (Å²) in [5.41, 5.74) is 1.86. The molecule has 25 heavy (non-hydrogen) atoms. The average molecular weight is 376 g/mol. The molecule has 5 nitrogen and oxygen atoms in total. The van der Waals surface area contributed by atoms with Gasteiger partial charge in [0, 0.05) is 21.2 Å². The molecule has 0 aliphatic rings. The highest BCUT2D eigenvalue weighted by Gasteiger charge is 2.21. The molecule has 0 bridgehead atoms. The van der Waals surface area contributed by atoms with Crippen LogP contribution in [-0.4, -0.2) is 24.3 Å². The Kier molecular flexibility index (Phi) is 6.73. The van der Waals surface area contributed by atoms with Gasteiger partial charge >= 0.3 is 0 Å². The van der Waals surface area contributed by atoms with Crippen molar-refractivity contribution in [2.75, 3.05) is 11.9 Å². The zero-order valence-corrected chi connectivity index (χ0v) is 16.1. The lowest BCUT2D eigenvalue weighted by atomic mass is 10.0. The minimum absolute atomic E-state index is 0.00149. The summed E-state index contributed by atoms with van der Waals surface area (Å²) in [5, 5.41) is 18.6.